The van der Waals surface area contributed by atoms with E-state index in [1.54, 1.807) is 7.11 Å². The van der Waals surface area contributed by atoms with Crippen molar-refractivity contribution in [1.29, 1.82) is 0 Å². The van der Waals surface area contributed by atoms with Gasteiger partial charge in [-0.25, -0.2) is 0 Å². The minimum absolute atomic E-state index is 0.0808. The Bertz CT molecular complexity index is 438. The van der Waals surface area contributed by atoms with Crippen molar-refractivity contribution in [2.24, 2.45) is 5.92 Å². The molecule has 0 amide bonds. The Kier molecular flexibility index (Phi) is 3.76. The minimum Gasteiger partial charge on any atom is -0.497 e. The van der Waals surface area contributed by atoms with Gasteiger partial charge in [-0.1, -0.05) is 18.9 Å². The normalized spacial score (nSPS) is 26.6. The van der Waals surface area contributed by atoms with Gasteiger partial charge in [0, 0.05) is 13.0 Å². The number of fused-ring (bicyclic) bond motifs is 1. The van der Waals surface area contributed by atoms with Gasteiger partial charge in [-0.05, 0) is 42.0 Å². The molecule has 0 spiro atoms. The number of methoxy groups -OCH3 is 1. The van der Waals surface area contributed by atoms with Crippen molar-refractivity contribution in [2.75, 3.05) is 13.7 Å². The molecule has 1 aromatic carbocycles. The van der Waals surface area contributed by atoms with Crippen LogP contribution in [0.1, 0.15) is 42.9 Å². The molecular weight excluding hydrogens is 240 g/mol. The molecule has 0 radical (unpaired) electrons. The van der Waals surface area contributed by atoms with Crippen molar-refractivity contribution in [3.05, 3.63) is 29.3 Å². The van der Waals surface area contributed by atoms with Crippen LogP contribution in [0.25, 0.3) is 0 Å². The van der Waals surface area contributed by atoms with E-state index in [0.29, 0.717) is 5.92 Å². The Morgan fingerprint density at radius 1 is 1.26 bits per heavy atom. The van der Waals surface area contributed by atoms with Gasteiger partial charge in [0.15, 0.2) is 0 Å². The van der Waals surface area contributed by atoms with Crippen LogP contribution in [0.4, 0.5) is 0 Å². The third kappa shape index (κ3) is 2.63. The van der Waals surface area contributed by atoms with Crippen LogP contribution in [0.3, 0.4) is 0 Å². The molecule has 1 aromatic rings. The first-order chi connectivity index (χ1) is 9.28. The number of hydrogen-bond donors (Lipinski definition) is 1. The van der Waals surface area contributed by atoms with Crippen LogP contribution in [0.15, 0.2) is 18.2 Å². The smallest absolute Gasteiger partial charge is 0.119 e. The molecule has 0 bridgehead atoms. The Balaban J connectivity index is 1.63. The predicted molar refractivity (Wildman–Crippen MR) is 73.4 cm³/mol. The van der Waals surface area contributed by atoms with Gasteiger partial charge in [0.05, 0.1) is 13.2 Å². The SMILES string of the molecule is COc1ccc2c(c1)C(O)C(OCC1CCCC1)C2. The lowest BCUT2D eigenvalue weighted by Gasteiger charge is -2.18. The van der Waals surface area contributed by atoms with E-state index >= 15 is 0 Å². The van der Waals surface area contributed by atoms with Crippen molar-refractivity contribution in [3.63, 3.8) is 0 Å². The zero-order valence-corrected chi connectivity index (χ0v) is 11.5. The first kappa shape index (κ1) is 12.9. The van der Waals surface area contributed by atoms with Crippen molar-refractivity contribution in [3.8, 4) is 5.75 Å². The van der Waals surface area contributed by atoms with Gasteiger partial charge in [0.1, 0.15) is 11.9 Å². The number of benzene rings is 1. The molecule has 2 unspecified atom stereocenters. The summed E-state index contributed by atoms with van der Waals surface area (Å²) >= 11 is 0. The number of rotatable bonds is 4. The largest absolute Gasteiger partial charge is 0.497 e. The van der Waals surface area contributed by atoms with Gasteiger partial charge in [-0.3, -0.25) is 0 Å². The lowest BCUT2D eigenvalue weighted by molar-refractivity contribution is -0.0400. The van der Waals surface area contributed by atoms with Crippen LogP contribution >= 0.6 is 0 Å². The van der Waals surface area contributed by atoms with E-state index in [2.05, 4.69) is 0 Å². The highest BCUT2D eigenvalue weighted by atomic mass is 16.5. The molecule has 0 heterocycles. The predicted octanol–water partition coefficient (Wildman–Crippen LogP) is 2.86. The highest BCUT2D eigenvalue weighted by Crippen LogP contribution is 2.36. The molecule has 1 fully saturated rings. The second-order valence-electron chi connectivity index (χ2n) is 5.74. The second-order valence-corrected chi connectivity index (χ2v) is 5.74. The van der Waals surface area contributed by atoms with Gasteiger partial charge < -0.3 is 14.6 Å². The summed E-state index contributed by atoms with van der Waals surface area (Å²) in [5.74, 6) is 1.50. The molecule has 2 aliphatic carbocycles. The maximum absolute atomic E-state index is 10.4. The molecule has 0 aromatic heterocycles. The fourth-order valence-electron chi connectivity index (χ4n) is 3.28. The van der Waals surface area contributed by atoms with Crippen molar-refractivity contribution < 1.29 is 14.6 Å². The average Bonchev–Trinajstić information content (AvgIpc) is 3.05. The summed E-state index contributed by atoms with van der Waals surface area (Å²) in [7, 11) is 1.65. The Labute approximate surface area is 114 Å². The Morgan fingerprint density at radius 3 is 2.79 bits per heavy atom. The summed E-state index contributed by atoms with van der Waals surface area (Å²) < 4.78 is 11.2. The summed E-state index contributed by atoms with van der Waals surface area (Å²) in [5, 5.41) is 10.4. The lowest BCUT2D eigenvalue weighted by Crippen LogP contribution is -2.21. The van der Waals surface area contributed by atoms with Gasteiger partial charge in [0.2, 0.25) is 0 Å². The monoisotopic (exact) mass is 262 g/mol. The standard InChI is InChI=1S/C16H22O3/c1-18-13-7-6-12-8-15(16(17)14(12)9-13)19-10-11-4-2-3-5-11/h6-7,9,11,15-17H,2-5,8,10H2,1H3. The molecule has 0 aliphatic heterocycles. The number of aliphatic hydroxyl groups excluding tert-OH is 1. The van der Waals surface area contributed by atoms with Gasteiger partial charge in [0.25, 0.3) is 0 Å². The first-order valence-corrected chi connectivity index (χ1v) is 7.24. The van der Waals surface area contributed by atoms with Gasteiger partial charge >= 0.3 is 0 Å². The molecule has 1 saturated carbocycles. The maximum Gasteiger partial charge on any atom is 0.119 e. The summed E-state index contributed by atoms with van der Waals surface area (Å²) in [6.07, 6.45) is 5.45. The van der Waals surface area contributed by atoms with E-state index in [-0.39, 0.29) is 6.10 Å². The summed E-state index contributed by atoms with van der Waals surface area (Å²) in [6.45, 7) is 0.798. The molecule has 0 saturated heterocycles. The summed E-state index contributed by atoms with van der Waals surface area (Å²) in [5.41, 5.74) is 2.15. The fraction of sp³-hybridized carbons (Fsp3) is 0.625. The fourth-order valence-corrected chi connectivity index (χ4v) is 3.28. The van der Waals surface area contributed by atoms with Crippen LogP contribution < -0.4 is 4.74 Å². The molecule has 2 atom stereocenters. The molecule has 3 nitrogen and oxygen atoms in total. The van der Waals surface area contributed by atoms with Crippen molar-refractivity contribution in [1.82, 2.24) is 0 Å². The van der Waals surface area contributed by atoms with E-state index in [4.69, 9.17) is 9.47 Å². The number of ether oxygens (including phenoxy) is 2. The van der Waals surface area contributed by atoms with E-state index in [9.17, 15) is 5.11 Å². The third-order valence-electron chi connectivity index (χ3n) is 4.47. The zero-order chi connectivity index (χ0) is 13.2. The van der Waals surface area contributed by atoms with Crippen LogP contribution in [0, 0.1) is 5.92 Å². The highest BCUT2D eigenvalue weighted by Gasteiger charge is 2.32. The Morgan fingerprint density at radius 2 is 2.05 bits per heavy atom. The van der Waals surface area contributed by atoms with E-state index < -0.39 is 6.10 Å². The molecule has 1 N–H and O–H groups in total. The second kappa shape index (κ2) is 5.51. The number of hydrogen-bond acceptors (Lipinski definition) is 3. The summed E-state index contributed by atoms with van der Waals surface area (Å²) in [6, 6.07) is 5.92. The van der Waals surface area contributed by atoms with Crippen LogP contribution in [-0.4, -0.2) is 24.9 Å². The maximum atomic E-state index is 10.4. The molecular formula is C16H22O3. The van der Waals surface area contributed by atoms with E-state index in [1.807, 2.05) is 18.2 Å². The minimum atomic E-state index is -0.508. The molecule has 3 rings (SSSR count). The van der Waals surface area contributed by atoms with Crippen LogP contribution in [0.5, 0.6) is 5.75 Å². The zero-order valence-electron chi connectivity index (χ0n) is 11.5. The summed E-state index contributed by atoms with van der Waals surface area (Å²) in [4.78, 5) is 0. The molecule has 104 valence electrons. The topological polar surface area (TPSA) is 38.7 Å². The Hall–Kier alpha value is -1.06. The number of aliphatic hydroxyl groups is 1. The van der Waals surface area contributed by atoms with Gasteiger partial charge in [-0.2, -0.15) is 0 Å². The quantitative estimate of drug-likeness (QED) is 0.906. The molecule has 2 aliphatic rings. The van der Waals surface area contributed by atoms with E-state index in [1.165, 1.54) is 31.2 Å². The molecule has 3 heteroatoms. The highest BCUT2D eigenvalue weighted by molar-refractivity contribution is 5.41. The van der Waals surface area contributed by atoms with Crippen LogP contribution in [0.2, 0.25) is 0 Å². The van der Waals surface area contributed by atoms with Crippen molar-refractivity contribution >= 4 is 0 Å². The average molecular weight is 262 g/mol. The lowest BCUT2D eigenvalue weighted by atomic mass is 10.1. The van der Waals surface area contributed by atoms with Crippen molar-refractivity contribution in [2.45, 2.75) is 44.3 Å². The third-order valence-corrected chi connectivity index (χ3v) is 4.47. The van der Waals surface area contributed by atoms with Crippen LogP contribution in [-0.2, 0) is 11.2 Å². The first-order valence-electron chi connectivity index (χ1n) is 7.24. The van der Waals surface area contributed by atoms with E-state index in [0.717, 1.165) is 24.3 Å². The van der Waals surface area contributed by atoms with Gasteiger partial charge in [-0.15, -0.1) is 0 Å². The molecule has 19 heavy (non-hydrogen) atoms.